The van der Waals surface area contributed by atoms with Gasteiger partial charge < -0.3 is 15.0 Å². The van der Waals surface area contributed by atoms with Gasteiger partial charge in [-0.1, -0.05) is 27.7 Å². The second-order valence-corrected chi connectivity index (χ2v) is 7.44. The molecule has 1 fully saturated rings. The lowest BCUT2D eigenvalue weighted by Crippen LogP contribution is -2.49. The van der Waals surface area contributed by atoms with Crippen LogP contribution in [0.3, 0.4) is 0 Å². The summed E-state index contributed by atoms with van der Waals surface area (Å²) >= 11 is 0. The first-order valence-electron chi connectivity index (χ1n) is 7.79. The highest BCUT2D eigenvalue weighted by Gasteiger charge is 2.37. The summed E-state index contributed by atoms with van der Waals surface area (Å²) in [6.07, 6.45) is 2.39. The van der Waals surface area contributed by atoms with E-state index in [1.165, 1.54) is 12.8 Å². The normalized spacial score (nSPS) is 26.1. The summed E-state index contributed by atoms with van der Waals surface area (Å²) in [5, 5.41) is 3.59. The number of nitrogens with one attached hydrogen (secondary N) is 1. The molecule has 1 aliphatic heterocycles. The molecule has 1 rings (SSSR count). The van der Waals surface area contributed by atoms with E-state index in [1.54, 1.807) is 0 Å². The van der Waals surface area contributed by atoms with Crippen LogP contribution in [0.1, 0.15) is 47.5 Å². The summed E-state index contributed by atoms with van der Waals surface area (Å²) in [5.74, 6) is 0. The third-order valence-electron chi connectivity index (χ3n) is 4.61. The number of hydrogen-bond donors (Lipinski definition) is 1. The standard InChI is InChI=1S/C16H34N2O/c1-7-9-17-11-16(8-10-19-13-16)12-18(6)14(2)15(3,4)5/h14,17H,7-13H2,1-6H3. The van der Waals surface area contributed by atoms with E-state index < -0.39 is 0 Å². The Morgan fingerprint density at radius 3 is 2.53 bits per heavy atom. The maximum atomic E-state index is 5.69. The minimum Gasteiger partial charge on any atom is -0.381 e. The largest absolute Gasteiger partial charge is 0.381 e. The Kier molecular flexibility index (Phi) is 6.28. The highest BCUT2D eigenvalue weighted by Crippen LogP contribution is 2.32. The molecule has 2 atom stereocenters. The van der Waals surface area contributed by atoms with Crippen molar-refractivity contribution in [1.29, 1.82) is 0 Å². The Labute approximate surface area is 120 Å². The molecule has 1 heterocycles. The molecule has 0 bridgehead atoms. The summed E-state index contributed by atoms with van der Waals surface area (Å²) in [6, 6.07) is 0.580. The number of hydrogen-bond acceptors (Lipinski definition) is 3. The Morgan fingerprint density at radius 1 is 1.37 bits per heavy atom. The highest BCUT2D eigenvalue weighted by molar-refractivity contribution is 4.90. The monoisotopic (exact) mass is 270 g/mol. The maximum Gasteiger partial charge on any atom is 0.0547 e. The summed E-state index contributed by atoms with van der Waals surface area (Å²) in [6.45, 7) is 16.7. The molecule has 3 nitrogen and oxygen atoms in total. The van der Waals surface area contributed by atoms with Gasteiger partial charge in [0.25, 0.3) is 0 Å². The van der Waals surface area contributed by atoms with Gasteiger partial charge in [0.1, 0.15) is 0 Å². The molecule has 0 aromatic rings. The molecule has 3 heteroatoms. The van der Waals surface area contributed by atoms with Crippen LogP contribution < -0.4 is 5.32 Å². The van der Waals surface area contributed by atoms with Crippen molar-refractivity contribution in [2.45, 2.75) is 53.5 Å². The highest BCUT2D eigenvalue weighted by atomic mass is 16.5. The maximum absolute atomic E-state index is 5.69. The van der Waals surface area contributed by atoms with Gasteiger partial charge in [0.2, 0.25) is 0 Å². The summed E-state index contributed by atoms with van der Waals surface area (Å²) in [4.78, 5) is 2.52. The van der Waals surface area contributed by atoms with Gasteiger partial charge >= 0.3 is 0 Å². The van der Waals surface area contributed by atoms with Gasteiger partial charge in [-0.15, -0.1) is 0 Å². The van der Waals surface area contributed by atoms with Crippen LogP contribution in [-0.2, 0) is 4.74 Å². The Bertz CT molecular complexity index is 254. The molecule has 0 aromatic carbocycles. The van der Waals surface area contributed by atoms with E-state index in [9.17, 15) is 0 Å². The average Bonchev–Trinajstić information content (AvgIpc) is 2.76. The summed E-state index contributed by atoms with van der Waals surface area (Å²) in [7, 11) is 2.26. The van der Waals surface area contributed by atoms with Gasteiger partial charge in [-0.2, -0.15) is 0 Å². The van der Waals surface area contributed by atoms with Crippen molar-refractivity contribution in [2.75, 3.05) is 39.9 Å². The van der Waals surface area contributed by atoms with E-state index in [1.807, 2.05) is 0 Å². The van der Waals surface area contributed by atoms with E-state index in [-0.39, 0.29) is 0 Å². The first kappa shape index (κ1) is 16.9. The molecule has 1 aliphatic rings. The minimum absolute atomic E-state index is 0.309. The third-order valence-corrected chi connectivity index (χ3v) is 4.61. The van der Waals surface area contributed by atoms with Gasteiger partial charge in [0, 0.05) is 31.2 Å². The van der Waals surface area contributed by atoms with Gasteiger partial charge in [-0.05, 0) is 38.8 Å². The van der Waals surface area contributed by atoms with Crippen molar-refractivity contribution in [2.24, 2.45) is 10.8 Å². The van der Waals surface area contributed by atoms with Gasteiger partial charge in [0.05, 0.1) is 6.61 Å². The third kappa shape index (κ3) is 5.05. The van der Waals surface area contributed by atoms with Crippen molar-refractivity contribution >= 4 is 0 Å². The summed E-state index contributed by atoms with van der Waals surface area (Å²) in [5.41, 5.74) is 0.635. The first-order valence-corrected chi connectivity index (χ1v) is 7.79. The van der Waals surface area contributed by atoms with Crippen LogP contribution in [0.4, 0.5) is 0 Å². The van der Waals surface area contributed by atoms with Crippen molar-refractivity contribution in [3.05, 3.63) is 0 Å². The molecular weight excluding hydrogens is 236 g/mol. The predicted octanol–water partition coefficient (Wildman–Crippen LogP) is 2.76. The van der Waals surface area contributed by atoms with E-state index in [2.05, 4.69) is 51.9 Å². The Morgan fingerprint density at radius 2 is 2.05 bits per heavy atom. The zero-order valence-electron chi connectivity index (χ0n) is 13.9. The zero-order valence-corrected chi connectivity index (χ0v) is 13.9. The molecule has 2 unspecified atom stereocenters. The Hall–Kier alpha value is -0.120. The average molecular weight is 270 g/mol. The molecular formula is C16H34N2O. The first-order chi connectivity index (χ1) is 8.81. The SMILES string of the molecule is CCCNCC1(CN(C)C(C)C(C)(C)C)CCOC1. The smallest absolute Gasteiger partial charge is 0.0547 e. The van der Waals surface area contributed by atoms with Crippen molar-refractivity contribution in [1.82, 2.24) is 10.2 Å². The molecule has 0 aromatic heterocycles. The second-order valence-electron chi connectivity index (χ2n) is 7.44. The lowest BCUT2D eigenvalue weighted by atomic mass is 9.83. The lowest BCUT2D eigenvalue weighted by Gasteiger charge is -2.40. The van der Waals surface area contributed by atoms with Crippen LogP contribution >= 0.6 is 0 Å². The van der Waals surface area contributed by atoms with Crippen LogP contribution in [0.5, 0.6) is 0 Å². The Balaban J connectivity index is 2.57. The molecule has 19 heavy (non-hydrogen) atoms. The van der Waals surface area contributed by atoms with E-state index in [0.717, 1.165) is 32.8 Å². The van der Waals surface area contributed by atoms with Gasteiger partial charge in [-0.25, -0.2) is 0 Å². The van der Waals surface area contributed by atoms with Crippen LogP contribution in [0, 0.1) is 10.8 Å². The molecule has 1 saturated heterocycles. The fraction of sp³-hybridized carbons (Fsp3) is 1.00. The molecule has 0 amide bonds. The predicted molar refractivity (Wildman–Crippen MR) is 82.6 cm³/mol. The molecule has 114 valence electrons. The molecule has 0 spiro atoms. The van der Waals surface area contributed by atoms with Crippen molar-refractivity contribution < 1.29 is 4.74 Å². The van der Waals surface area contributed by atoms with Gasteiger partial charge in [0.15, 0.2) is 0 Å². The van der Waals surface area contributed by atoms with Crippen LogP contribution in [0.15, 0.2) is 0 Å². The fourth-order valence-corrected chi connectivity index (χ4v) is 2.83. The van der Waals surface area contributed by atoms with Gasteiger partial charge in [-0.3, -0.25) is 0 Å². The van der Waals surface area contributed by atoms with Crippen molar-refractivity contribution in [3.63, 3.8) is 0 Å². The quantitative estimate of drug-likeness (QED) is 0.720. The topological polar surface area (TPSA) is 24.5 Å². The molecule has 0 aliphatic carbocycles. The number of nitrogens with zero attached hydrogens (tertiary/aromatic N) is 1. The summed E-state index contributed by atoms with van der Waals surface area (Å²) < 4.78 is 5.69. The van der Waals surface area contributed by atoms with Crippen LogP contribution in [0.2, 0.25) is 0 Å². The van der Waals surface area contributed by atoms with E-state index in [4.69, 9.17) is 4.74 Å². The van der Waals surface area contributed by atoms with Crippen LogP contribution in [-0.4, -0.2) is 50.8 Å². The van der Waals surface area contributed by atoms with E-state index >= 15 is 0 Å². The second kappa shape index (κ2) is 7.05. The molecule has 0 radical (unpaired) electrons. The number of ether oxygens (including phenoxy) is 1. The fourth-order valence-electron chi connectivity index (χ4n) is 2.83. The van der Waals surface area contributed by atoms with Crippen LogP contribution in [0.25, 0.3) is 0 Å². The van der Waals surface area contributed by atoms with E-state index in [0.29, 0.717) is 16.9 Å². The van der Waals surface area contributed by atoms with Crippen molar-refractivity contribution in [3.8, 4) is 0 Å². The lowest BCUT2D eigenvalue weighted by molar-refractivity contribution is 0.0700. The molecule has 0 saturated carbocycles. The minimum atomic E-state index is 0.309. The number of rotatable bonds is 7. The zero-order chi connectivity index (χ0) is 14.5. The molecule has 1 N–H and O–H groups in total.